The van der Waals surface area contributed by atoms with Crippen molar-refractivity contribution in [3.8, 4) is 11.5 Å². The molecule has 40 heavy (non-hydrogen) atoms. The van der Waals surface area contributed by atoms with Gasteiger partial charge in [-0.3, -0.25) is 19.3 Å². The Balaban J connectivity index is 1.76. The SMILES string of the molecule is CN(C)[C@@H]1C(=O)C(C(N)=O)C(=O)[C@@]2(O)C(O)c3c(c(N)c4ccc(C=Cc5ccccc5)c(O)c4c3O)[C@H](O)[C@@H]12. The van der Waals surface area contributed by atoms with Gasteiger partial charge in [-0.05, 0) is 19.7 Å². The van der Waals surface area contributed by atoms with E-state index >= 15 is 0 Å². The van der Waals surface area contributed by atoms with Crippen molar-refractivity contribution >= 4 is 46.1 Å². The number of anilines is 1. The van der Waals surface area contributed by atoms with E-state index in [1.165, 1.54) is 25.1 Å². The molecule has 3 aromatic carbocycles. The molecule has 9 N–H and O–H groups in total. The van der Waals surface area contributed by atoms with Crippen molar-refractivity contribution in [2.45, 2.75) is 23.9 Å². The molecule has 2 unspecified atom stereocenters. The summed E-state index contributed by atoms with van der Waals surface area (Å²) in [7, 11) is 2.88. The fourth-order valence-electron chi connectivity index (χ4n) is 6.19. The molecular formula is C29H29N3O8. The number of aliphatic hydroxyl groups is 3. The number of nitrogens with two attached hydrogens (primary N) is 2. The number of fused-ring (bicyclic) bond motifs is 3. The number of amides is 1. The van der Waals surface area contributed by atoms with E-state index in [-0.39, 0.29) is 27.6 Å². The normalized spacial score (nSPS) is 28.2. The molecule has 11 nitrogen and oxygen atoms in total. The Morgan fingerprint density at radius 2 is 1.62 bits per heavy atom. The van der Waals surface area contributed by atoms with E-state index in [2.05, 4.69) is 0 Å². The number of Topliss-reactive ketones (excluding diaryl/α,β-unsaturated/α-hetero) is 2. The standard InChI is InChI=1S/C29H29N3O8/c1-32(2)21-19-24(35)16-17(26(37)29(19,40)27(38)18(25(21)36)28(31)39)23(34)15-14(20(16)30)11-10-13(22(15)33)9-8-12-6-4-3-5-7-12/h3-11,18-19,21,24,26,33-35,37,40H,30H2,1-2H3,(H2,31,39)/t18?,19-,21+,24+,26?,29+/m1/s1. The van der Waals surface area contributed by atoms with Crippen LogP contribution in [0.25, 0.3) is 22.9 Å². The number of benzene rings is 3. The van der Waals surface area contributed by atoms with Crippen molar-refractivity contribution in [2.24, 2.45) is 17.6 Å². The first-order valence-corrected chi connectivity index (χ1v) is 12.5. The zero-order chi connectivity index (χ0) is 29.3. The Labute approximate surface area is 228 Å². The Kier molecular flexibility index (Phi) is 6.42. The number of carbonyl (C=O) groups is 3. The Bertz CT molecular complexity index is 1600. The lowest BCUT2D eigenvalue weighted by Crippen LogP contribution is -2.71. The van der Waals surface area contributed by atoms with Crippen molar-refractivity contribution in [2.75, 3.05) is 19.8 Å². The molecule has 2 aliphatic carbocycles. The van der Waals surface area contributed by atoms with E-state index in [0.717, 1.165) is 5.56 Å². The lowest BCUT2D eigenvalue weighted by Gasteiger charge is -2.53. The average Bonchev–Trinajstić information content (AvgIpc) is 2.90. The third-order valence-electron chi connectivity index (χ3n) is 8.07. The number of nitrogen functional groups attached to an aromatic ring is 1. The topological polar surface area (TPSA) is 208 Å². The zero-order valence-corrected chi connectivity index (χ0v) is 21.6. The molecule has 5 rings (SSSR count). The highest BCUT2D eigenvalue weighted by atomic mass is 16.4. The highest BCUT2D eigenvalue weighted by Gasteiger charge is 2.68. The number of nitrogens with zero attached hydrogens (tertiary/aromatic N) is 1. The van der Waals surface area contributed by atoms with Crippen LogP contribution in [-0.4, -0.2) is 73.6 Å². The summed E-state index contributed by atoms with van der Waals surface area (Å²) in [6, 6.07) is 10.9. The number of likely N-dealkylation sites (N-methyl/N-ethyl adjacent to an activating group) is 1. The second kappa shape index (κ2) is 9.42. The number of rotatable bonds is 4. The molecule has 0 aliphatic heterocycles. The molecule has 0 bridgehead atoms. The molecule has 0 saturated heterocycles. The van der Waals surface area contributed by atoms with Crippen molar-refractivity contribution < 1.29 is 39.9 Å². The van der Waals surface area contributed by atoms with Crippen LogP contribution in [0.1, 0.15) is 34.5 Å². The molecule has 1 saturated carbocycles. The fraction of sp³-hybridized carbons (Fsp3) is 0.276. The van der Waals surface area contributed by atoms with Crippen LogP contribution >= 0.6 is 0 Å². The molecular weight excluding hydrogens is 518 g/mol. The minimum atomic E-state index is -2.91. The van der Waals surface area contributed by atoms with Crippen molar-refractivity contribution in [1.29, 1.82) is 0 Å². The van der Waals surface area contributed by atoms with Crippen LogP contribution in [0.5, 0.6) is 11.5 Å². The highest BCUT2D eigenvalue weighted by molar-refractivity contribution is 6.24. The third kappa shape index (κ3) is 3.63. The first-order valence-electron chi connectivity index (χ1n) is 12.5. The van der Waals surface area contributed by atoms with Gasteiger partial charge in [-0.1, -0.05) is 54.6 Å². The van der Waals surface area contributed by atoms with Gasteiger partial charge in [-0.25, -0.2) is 0 Å². The summed E-state index contributed by atoms with van der Waals surface area (Å²) in [6.45, 7) is 0. The quantitative estimate of drug-likeness (QED) is 0.105. The van der Waals surface area contributed by atoms with Gasteiger partial charge in [0.1, 0.15) is 17.6 Å². The summed E-state index contributed by atoms with van der Waals surface area (Å²) in [4.78, 5) is 40.1. The molecule has 0 radical (unpaired) electrons. The van der Waals surface area contributed by atoms with Gasteiger partial charge in [0, 0.05) is 27.8 Å². The van der Waals surface area contributed by atoms with E-state index in [4.69, 9.17) is 11.5 Å². The molecule has 1 fully saturated rings. The molecule has 1 amide bonds. The van der Waals surface area contributed by atoms with Crippen LogP contribution in [0, 0.1) is 11.8 Å². The minimum absolute atomic E-state index is 0.132. The number of phenols is 2. The molecule has 0 heterocycles. The number of carbonyl (C=O) groups excluding carboxylic acids is 3. The van der Waals surface area contributed by atoms with Gasteiger partial charge in [0.05, 0.1) is 23.4 Å². The molecule has 208 valence electrons. The molecule has 2 aliphatic rings. The monoisotopic (exact) mass is 547 g/mol. The Hall–Kier alpha value is -4.29. The van der Waals surface area contributed by atoms with E-state index < -0.39 is 70.2 Å². The predicted octanol–water partition coefficient (Wildman–Crippen LogP) is 0.615. The fourth-order valence-corrected chi connectivity index (χ4v) is 6.19. The van der Waals surface area contributed by atoms with Gasteiger partial charge in [0.2, 0.25) is 5.91 Å². The summed E-state index contributed by atoms with van der Waals surface area (Å²) in [5, 5.41) is 57.3. The number of primary amides is 1. The summed E-state index contributed by atoms with van der Waals surface area (Å²) in [5.41, 5.74) is 9.14. The van der Waals surface area contributed by atoms with Gasteiger partial charge < -0.3 is 37.0 Å². The van der Waals surface area contributed by atoms with Crippen LogP contribution in [0.2, 0.25) is 0 Å². The van der Waals surface area contributed by atoms with Gasteiger partial charge in [0.25, 0.3) is 0 Å². The predicted molar refractivity (Wildman–Crippen MR) is 146 cm³/mol. The lowest BCUT2D eigenvalue weighted by molar-refractivity contribution is -0.202. The van der Waals surface area contributed by atoms with Crippen LogP contribution in [0.15, 0.2) is 42.5 Å². The summed E-state index contributed by atoms with van der Waals surface area (Å²) >= 11 is 0. The lowest BCUT2D eigenvalue weighted by atomic mass is 9.56. The second-order valence-corrected chi connectivity index (χ2v) is 10.5. The maximum Gasteiger partial charge on any atom is 0.235 e. The van der Waals surface area contributed by atoms with Crippen molar-refractivity contribution in [1.82, 2.24) is 4.90 Å². The molecule has 0 spiro atoms. The number of aromatic hydroxyl groups is 2. The summed E-state index contributed by atoms with van der Waals surface area (Å²) in [6.07, 6.45) is -0.749. The average molecular weight is 548 g/mol. The van der Waals surface area contributed by atoms with Gasteiger partial charge in [-0.2, -0.15) is 0 Å². The maximum absolute atomic E-state index is 13.4. The Morgan fingerprint density at radius 3 is 2.23 bits per heavy atom. The van der Waals surface area contributed by atoms with Gasteiger partial charge >= 0.3 is 0 Å². The molecule has 0 aromatic heterocycles. The molecule has 3 aromatic rings. The van der Waals surface area contributed by atoms with E-state index in [1.807, 2.05) is 30.3 Å². The number of hydrogen-bond donors (Lipinski definition) is 7. The van der Waals surface area contributed by atoms with Crippen LogP contribution < -0.4 is 11.5 Å². The first kappa shape index (κ1) is 27.3. The van der Waals surface area contributed by atoms with Crippen LogP contribution in [0.3, 0.4) is 0 Å². The number of aliphatic hydroxyl groups excluding tert-OH is 2. The molecule has 6 atom stereocenters. The highest BCUT2D eigenvalue weighted by Crippen LogP contribution is 2.58. The van der Waals surface area contributed by atoms with E-state index in [0.29, 0.717) is 0 Å². The van der Waals surface area contributed by atoms with Gasteiger partial charge in [-0.15, -0.1) is 0 Å². The third-order valence-corrected chi connectivity index (χ3v) is 8.07. The smallest absolute Gasteiger partial charge is 0.235 e. The number of ketones is 2. The first-order chi connectivity index (χ1) is 18.8. The second-order valence-electron chi connectivity index (χ2n) is 10.5. The Morgan fingerprint density at radius 1 is 0.975 bits per heavy atom. The van der Waals surface area contributed by atoms with Crippen molar-refractivity contribution in [3.63, 3.8) is 0 Å². The van der Waals surface area contributed by atoms with Crippen molar-refractivity contribution in [3.05, 3.63) is 64.7 Å². The number of hydrogen-bond acceptors (Lipinski definition) is 10. The van der Waals surface area contributed by atoms with Crippen LogP contribution in [0.4, 0.5) is 5.69 Å². The minimum Gasteiger partial charge on any atom is -0.507 e. The molecule has 11 heteroatoms. The van der Waals surface area contributed by atoms with Gasteiger partial charge in [0.15, 0.2) is 23.1 Å². The van der Waals surface area contributed by atoms with E-state index in [9.17, 15) is 39.9 Å². The summed E-state index contributed by atoms with van der Waals surface area (Å²) < 4.78 is 0. The number of phenolic OH excluding ortho intramolecular Hbond substituents is 2. The van der Waals surface area contributed by atoms with E-state index in [1.54, 1.807) is 18.2 Å². The largest absolute Gasteiger partial charge is 0.507 e. The zero-order valence-electron chi connectivity index (χ0n) is 21.6. The van der Waals surface area contributed by atoms with Crippen LogP contribution in [-0.2, 0) is 14.4 Å². The summed E-state index contributed by atoms with van der Waals surface area (Å²) in [5.74, 6) is -8.56. The maximum atomic E-state index is 13.4.